The summed E-state index contributed by atoms with van der Waals surface area (Å²) in [6.07, 6.45) is 0. The molecule has 0 spiro atoms. The third kappa shape index (κ3) is 3.76. The van der Waals surface area contributed by atoms with E-state index in [1.165, 1.54) is 11.6 Å². The molecule has 1 aromatic heterocycles. The zero-order valence-electron chi connectivity index (χ0n) is 11.4. The Morgan fingerprint density at radius 1 is 1.19 bits per heavy atom. The Morgan fingerprint density at radius 2 is 1.95 bits per heavy atom. The minimum Gasteiger partial charge on any atom is -0.314 e. The lowest BCUT2D eigenvalue weighted by Gasteiger charge is -2.35. The summed E-state index contributed by atoms with van der Waals surface area (Å²) in [5.74, 6) is -0.361. The second kappa shape index (κ2) is 7.56. The van der Waals surface area contributed by atoms with E-state index in [1.54, 1.807) is 17.4 Å². The van der Waals surface area contributed by atoms with E-state index < -0.39 is 0 Å². The number of hydrogen-bond acceptors (Lipinski definition) is 3. The first kappa shape index (κ1) is 16.7. The number of piperazine rings is 1. The van der Waals surface area contributed by atoms with Crippen LogP contribution in [-0.4, -0.2) is 31.1 Å². The Morgan fingerprint density at radius 3 is 2.57 bits per heavy atom. The average molecular weight is 347 g/mol. The molecule has 2 nitrogen and oxygen atoms in total. The van der Waals surface area contributed by atoms with Gasteiger partial charge in [-0.2, -0.15) is 11.3 Å². The van der Waals surface area contributed by atoms with Gasteiger partial charge in [-0.3, -0.25) is 4.90 Å². The van der Waals surface area contributed by atoms with Crippen LogP contribution in [0.25, 0.3) is 0 Å². The Kier molecular flexibility index (Phi) is 6.02. The average Bonchev–Trinajstić information content (AvgIpc) is 2.98. The van der Waals surface area contributed by atoms with Crippen molar-refractivity contribution in [3.63, 3.8) is 0 Å². The summed E-state index contributed by atoms with van der Waals surface area (Å²) in [6, 6.07) is 7.34. The summed E-state index contributed by atoms with van der Waals surface area (Å²) in [5.41, 5.74) is 2.30. The molecule has 21 heavy (non-hydrogen) atoms. The first-order valence-corrected chi connectivity index (χ1v) is 7.99. The van der Waals surface area contributed by atoms with Gasteiger partial charge in [-0.1, -0.05) is 17.7 Å². The molecule has 2 heterocycles. The van der Waals surface area contributed by atoms with Gasteiger partial charge in [-0.15, -0.1) is 12.4 Å². The minimum absolute atomic E-state index is 0. The highest BCUT2D eigenvalue weighted by Gasteiger charge is 2.24. The quantitative estimate of drug-likeness (QED) is 0.904. The van der Waals surface area contributed by atoms with E-state index in [2.05, 4.69) is 27.0 Å². The molecular formula is C15H17Cl2FN2S. The van der Waals surface area contributed by atoms with Gasteiger partial charge in [0.2, 0.25) is 0 Å². The van der Waals surface area contributed by atoms with Crippen molar-refractivity contribution in [2.75, 3.05) is 26.2 Å². The Bertz CT molecular complexity index is 571. The molecule has 0 radical (unpaired) electrons. The monoisotopic (exact) mass is 346 g/mol. The molecule has 1 aromatic carbocycles. The van der Waals surface area contributed by atoms with Crippen LogP contribution < -0.4 is 5.32 Å². The van der Waals surface area contributed by atoms with Crippen LogP contribution in [0.5, 0.6) is 0 Å². The van der Waals surface area contributed by atoms with E-state index >= 15 is 0 Å². The third-order valence-electron chi connectivity index (χ3n) is 3.64. The van der Waals surface area contributed by atoms with Crippen LogP contribution in [-0.2, 0) is 0 Å². The summed E-state index contributed by atoms with van der Waals surface area (Å²) >= 11 is 7.64. The fraction of sp³-hybridized carbons (Fsp3) is 0.333. The number of rotatable bonds is 3. The van der Waals surface area contributed by atoms with Gasteiger partial charge in [0.25, 0.3) is 0 Å². The lowest BCUT2D eigenvalue weighted by atomic mass is 9.99. The van der Waals surface area contributed by atoms with Gasteiger partial charge >= 0.3 is 0 Å². The van der Waals surface area contributed by atoms with Crippen LogP contribution in [0.3, 0.4) is 0 Å². The van der Waals surface area contributed by atoms with Crippen LogP contribution >= 0.6 is 35.3 Å². The lowest BCUT2D eigenvalue weighted by Crippen LogP contribution is -2.45. The second-order valence-corrected chi connectivity index (χ2v) is 6.11. The fourth-order valence-electron chi connectivity index (χ4n) is 2.67. The van der Waals surface area contributed by atoms with Gasteiger partial charge in [0.15, 0.2) is 0 Å². The molecule has 1 fully saturated rings. The van der Waals surface area contributed by atoms with Crippen molar-refractivity contribution in [3.05, 3.63) is 57.0 Å². The van der Waals surface area contributed by atoms with E-state index in [1.807, 2.05) is 6.07 Å². The summed E-state index contributed by atoms with van der Waals surface area (Å²) in [4.78, 5) is 2.42. The molecule has 1 aliphatic rings. The van der Waals surface area contributed by atoms with Gasteiger partial charge < -0.3 is 5.32 Å². The molecule has 0 bridgehead atoms. The lowest BCUT2D eigenvalue weighted by molar-refractivity contribution is 0.198. The van der Waals surface area contributed by atoms with Gasteiger partial charge in [0, 0.05) is 26.2 Å². The van der Waals surface area contributed by atoms with Gasteiger partial charge in [-0.25, -0.2) is 4.39 Å². The highest BCUT2D eigenvalue weighted by molar-refractivity contribution is 7.08. The van der Waals surface area contributed by atoms with E-state index in [-0.39, 0.29) is 29.3 Å². The highest BCUT2D eigenvalue weighted by atomic mass is 35.5. The zero-order chi connectivity index (χ0) is 13.9. The summed E-state index contributed by atoms with van der Waals surface area (Å²) in [5, 5.41) is 7.79. The second-order valence-electron chi connectivity index (χ2n) is 4.92. The Hall–Kier alpha value is -0.650. The number of benzene rings is 1. The standard InChI is InChI=1S/C15H16ClFN2S.ClH/c16-13-9-11(1-2-14(13)17)15(12-3-8-20-10-12)19-6-4-18-5-7-19;/h1-3,8-10,15,18H,4-7H2;1H/t15-;/m0./s1. The van der Waals surface area contributed by atoms with Crippen molar-refractivity contribution in [1.82, 2.24) is 10.2 Å². The van der Waals surface area contributed by atoms with Crippen LogP contribution in [0.1, 0.15) is 17.2 Å². The topological polar surface area (TPSA) is 15.3 Å². The van der Waals surface area contributed by atoms with Crippen molar-refractivity contribution in [2.45, 2.75) is 6.04 Å². The minimum atomic E-state index is -0.361. The molecule has 1 aliphatic heterocycles. The van der Waals surface area contributed by atoms with Crippen molar-refractivity contribution >= 4 is 35.3 Å². The van der Waals surface area contributed by atoms with E-state index in [0.717, 1.165) is 31.7 Å². The number of thiophene rings is 1. The van der Waals surface area contributed by atoms with Gasteiger partial charge in [0.1, 0.15) is 5.82 Å². The van der Waals surface area contributed by atoms with Crippen LogP contribution in [0, 0.1) is 5.82 Å². The number of nitrogens with zero attached hydrogens (tertiary/aromatic N) is 1. The maximum absolute atomic E-state index is 13.4. The molecule has 3 rings (SSSR count). The van der Waals surface area contributed by atoms with Gasteiger partial charge in [0.05, 0.1) is 11.1 Å². The van der Waals surface area contributed by atoms with E-state index in [4.69, 9.17) is 11.6 Å². The normalized spacial score (nSPS) is 17.2. The molecule has 1 N–H and O–H groups in total. The maximum Gasteiger partial charge on any atom is 0.141 e. The predicted octanol–water partition coefficient (Wildman–Crippen LogP) is 3.96. The number of hydrogen-bond donors (Lipinski definition) is 1. The first-order valence-electron chi connectivity index (χ1n) is 6.67. The molecule has 1 atom stereocenters. The molecule has 2 aromatic rings. The molecule has 6 heteroatoms. The van der Waals surface area contributed by atoms with Crippen LogP contribution in [0.15, 0.2) is 35.0 Å². The van der Waals surface area contributed by atoms with Crippen molar-refractivity contribution in [1.29, 1.82) is 0 Å². The Balaban J connectivity index is 0.00000161. The molecule has 114 valence electrons. The molecule has 0 aliphatic carbocycles. The number of nitrogens with one attached hydrogen (secondary N) is 1. The van der Waals surface area contributed by atoms with Crippen molar-refractivity contribution in [2.24, 2.45) is 0 Å². The fourth-order valence-corrected chi connectivity index (χ4v) is 3.54. The summed E-state index contributed by atoms with van der Waals surface area (Å²) in [7, 11) is 0. The summed E-state index contributed by atoms with van der Waals surface area (Å²) in [6.45, 7) is 3.93. The third-order valence-corrected chi connectivity index (χ3v) is 4.63. The van der Waals surface area contributed by atoms with Crippen LogP contribution in [0.2, 0.25) is 5.02 Å². The Labute approximate surface area is 139 Å². The van der Waals surface area contributed by atoms with Crippen LogP contribution in [0.4, 0.5) is 4.39 Å². The highest BCUT2D eigenvalue weighted by Crippen LogP contribution is 2.32. The van der Waals surface area contributed by atoms with E-state index in [0.29, 0.717) is 0 Å². The first-order chi connectivity index (χ1) is 9.75. The smallest absolute Gasteiger partial charge is 0.141 e. The molecule has 0 unspecified atom stereocenters. The molecule has 1 saturated heterocycles. The molecule has 0 saturated carbocycles. The maximum atomic E-state index is 13.4. The molecule has 0 amide bonds. The largest absolute Gasteiger partial charge is 0.314 e. The van der Waals surface area contributed by atoms with Crippen molar-refractivity contribution in [3.8, 4) is 0 Å². The van der Waals surface area contributed by atoms with E-state index in [9.17, 15) is 4.39 Å². The van der Waals surface area contributed by atoms with Crippen molar-refractivity contribution < 1.29 is 4.39 Å². The van der Waals surface area contributed by atoms with Gasteiger partial charge in [-0.05, 0) is 40.1 Å². The predicted molar refractivity (Wildman–Crippen MR) is 89.3 cm³/mol. The summed E-state index contributed by atoms with van der Waals surface area (Å²) < 4.78 is 13.4. The SMILES string of the molecule is Cl.Fc1ccc([C@@H](c2ccsc2)N2CCNCC2)cc1Cl. The molecular weight excluding hydrogens is 330 g/mol. The zero-order valence-corrected chi connectivity index (χ0v) is 13.8. The number of halogens is 3.